The summed E-state index contributed by atoms with van der Waals surface area (Å²) in [6.07, 6.45) is 9.27. The lowest BCUT2D eigenvalue weighted by Gasteiger charge is -2.48. The van der Waals surface area contributed by atoms with Gasteiger partial charge in [-0.3, -0.25) is 9.69 Å². The van der Waals surface area contributed by atoms with Gasteiger partial charge in [0.2, 0.25) is 0 Å². The molecule has 0 N–H and O–H groups in total. The van der Waals surface area contributed by atoms with E-state index < -0.39 is 0 Å². The molecule has 2 aliphatic carbocycles. The Kier molecular flexibility index (Phi) is 7.70. The van der Waals surface area contributed by atoms with E-state index in [2.05, 4.69) is 21.9 Å². The van der Waals surface area contributed by atoms with E-state index in [1.807, 2.05) is 24.9 Å². The molecular weight excluding hydrogens is 456 g/mol. The Morgan fingerprint density at radius 3 is 2.42 bits per heavy atom. The predicted molar refractivity (Wildman–Crippen MR) is 138 cm³/mol. The molecule has 8 nitrogen and oxygen atoms in total. The molecule has 36 heavy (non-hydrogen) atoms. The number of carbonyl (C=O) groups is 2. The van der Waals surface area contributed by atoms with E-state index in [-0.39, 0.29) is 18.0 Å². The molecular formula is C28H42N4O4. The number of pyridine rings is 1. The standard InChI is InChI=1S/C28H42N4O4/c1-3-35-26(33)22-9-7-21(8-10-22)24-6-5-13-29-25(24)31-16-14-30(15-17-31)23-11-12-28(18-23)19-32(20-28)27(34)36-4-2/h5-6,13,21-23H,3-4,7-12,14-20H2,1-2H3/t21?,22?,23-/m1/s1. The predicted octanol–water partition coefficient (Wildman–Crippen LogP) is 4.05. The lowest BCUT2D eigenvalue weighted by Crippen LogP contribution is -2.58. The Labute approximate surface area is 215 Å². The van der Waals surface area contributed by atoms with Gasteiger partial charge in [0.05, 0.1) is 19.1 Å². The first-order valence-corrected chi connectivity index (χ1v) is 14.0. The summed E-state index contributed by atoms with van der Waals surface area (Å²) in [5, 5.41) is 0. The van der Waals surface area contributed by atoms with Gasteiger partial charge in [-0.25, -0.2) is 9.78 Å². The van der Waals surface area contributed by atoms with E-state index >= 15 is 0 Å². The molecule has 0 bridgehead atoms. The summed E-state index contributed by atoms with van der Waals surface area (Å²) in [6.45, 7) is 10.5. The van der Waals surface area contributed by atoms with Crippen molar-refractivity contribution in [1.82, 2.24) is 14.8 Å². The second kappa shape index (κ2) is 11.0. The van der Waals surface area contributed by atoms with Gasteiger partial charge < -0.3 is 19.3 Å². The summed E-state index contributed by atoms with van der Waals surface area (Å²) in [7, 11) is 0. The summed E-state index contributed by atoms with van der Waals surface area (Å²) in [5.41, 5.74) is 1.66. The van der Waals surface area contributed by atoms with Crippen molar-refractivity contribution in [2.24, 2.45) is 11.3 Å². The van der Waals surface area contributed by atoms with Crippen LogP contribution in [0.4, 0.5) is 10.6 Å². The number of likely N-dealkylation sites (tertiary alicyclic amines) is 1. The molecule has 5 rings (SSSR count). The van der Waals surface area contributed by atoms with Crippen LogP contribution >= 0.6 is 0 Å². The van der Waals surface area contributed by atoms with Gasteiger partial charge in [-0.2, -0.15) is 0 Å². The van der Waals surface area contributed by atoms with Crippen LogP contribution in [0.25, 0.3) is 0 Å². The Bertz CT molecular complexity index is 918. The quantitative estimate of drug-likeness (QED) is 0.548. The summed E-state index contributed by atoms with van der Waals surface area (Å²) in [4.78, 5) is 36.0. The maximum atomic E-state index is 12.2. The second-order valence-electron chi connectivity index (χ2n) is 11.2. The van der Waals surface area contributed by atoms with Crippen LogP contribution < -0.4 is 4.90 Å². The first-order chi connectivity index (χ1) is 17.5. The Morgan fingerprint density at radius 1 is 1.00 bits per heavy atom. The van der Waals surface area contributed by atoms with Crippen molar-refractivity contribution >= 4 is 17.9 Å². The van der Waals surface area contributed by atoms with E-state index in [0.29, 0.717) is 30.6 Å². The average Bonchev–Trinajstić information content (AvgIpc) is 3.34. The van der Waals surface area contributed by atoms with Crippen LogP contribution in [0.2, 0.25) is 0 Å². The second-order valence-corrected chi connectivity index (χ2v) is 11.2. The number of hydrogen-bond donors (Lipinski definition) is 0. The minimum absolute atomic E-state index is 0.0253. The monoisotopic (exact) mass is 498 g/mol. The number of amides is 1. The number of hydrogen-bond acceptors (Lipinski definition) is 7. The smallest absolute Gasteiger partial charge is 0.409 e. The first kappa shape index (κ1) is 25.3. The molecule has 4 fully saturated rings. The molecule has 1 aromatic heterocycles. The summed E-state index contributed by atoms with van der Waals surface area (Å²) < 4.78 is 10.4. The molecule has 2 saturated carbocycles. The molecule has 0 aromatic carbocycles. The molecule has 0 radical (unpaired) electrons. The number of carbonyl (C=O) groups excluding carboxylic acids is 2. The lowest BCUT2D eigenvalue weighted by molar-refractivity contribution is -0.149. The van der Waals surface area contributed by atoms with Gasteiger partial charge >= 0.3 is 12.1 Å². The van der Waals surface area contributed by atoms with E-state index in [4.69, 9.17) is 14.5 Å². The highest BCUT2D eigenvalue weighted by molar-refractivity contribution is 5.72. The van der Waals surface area contributed by atoms with E-state index in [1.165, 1.54) is 24.8 Å². The molecule has 2 saturated heterocycles. The molecule has 198 valence electrons. The molecule has 1 aromatic rings. The van der Waals surface area contributed by atoms with Crippen LogP contribution in [0.1, 0.15) is 70.3 Å². The minimum atomic E-state index is -0.152. The SMILES string of the molecule is CCOC(=O)C1CCC(c2cccnc2N2CCN([C@@H]3CCC4(C3)CN(C(=O)OCC)C4)CC2)CC1. The Morgan fingerprint density at radius 2 is 1.72 bits per heavy atom. The number of ether oxygens (including phenoxy) is 2. The minimum Gasteiger partial charge on any atom is -0.466 e. The fraction of sp³-hybridized carbons (Fsp3) is 0.750. The highest BCUT2D eigenvalue weighted by Crippen LogP contribution is 2.47. The molecule has 3 heterocycles. The van der Waals surface area contributed by atoms with E-state index in [1.54, 1.807) is 0 Å². The maximum Gasteiger partial charge on any atom is 0.409 e. The topological polar surface area (TPSA) is 75.2 Å². The van der Waals surface area contributed by atoms with Gasteiger partial charge in [0.1, 0.15) is 5.82 Å². The number of esters is 1. The average molecular weight is 499 g/mol. The third-order valence-electron chi connectivity index (χ3n) is 8.99. The van der Waals surface area contributed by atoms with Gasteiger partial charge in [-0.05, 0) is 76.3 Å². The van der Waals surface area contributed by atoms with Gasteiger partial charge in [-0.1, -0.05) is 6.07 Å². The number of aromatic nitrogens is 1. The molecule has 1 atom stereocenters. The van der Waals surface area contributed by atoms with Crippen molar-refractivity contribution in [2.45, 2.75) is 70.8 Å². The van der Waals surface area contributed by atoms with Crippen molar-refractivity contribution < 1.29 is 19.1 Å². The van der Waals surface area contributed by atoms with E-state index in [0.717, 1.165) is 70.8 Å². The van der Waals surface area contributed by atoms with Crippen LogP contribution in [0.3, 0.4) is 0 Å². The maximum absolute atomic E-state index is 12.2. The number of anilines is 1. The summed E-state index contributed by atoms with van der Waals surface area (Å²) in [6, 6.07) is 4.93. The molecule has 8 heteroatoms. The summed E-state index contributed by atoms with van der Waals surface area (Å²) in [5.74, 6) is 1.64. The third-order valence-corrected chi connectivity index (χ3v) is 8.99. The molecule has 0 unspecified atom stereocenters. The fourth-order valence-electron chi connectivity index (χ4n) is 7.07. The number of rotatable bonds is 6. The zero-order valence-corrected chi connectivity index (χ0v) is 22.0. The first-order valence-electron chi connectivity index (χ1n) is 14.0. The molecule has 1 amide bonds. The van der Waals surface area contributed by atoms with Crippen molar-refractivity contribution in [3.05, 3.63) is 23.9 Å². The van der Waals surface area contributed by atoms with Crippen LogP contribution in [0.15, 0.2) is 18.3 Å². The van der Waals surface area contributed by atoms with Crippen molar-refractivity contribution in [1.29, 1.82) is 0 Å². The Hall–Kier alpha value is -2.35. The van der Waals surface area contributed by atoms with Crippen LogP contribution in [0, 0.1) is 11.3 Å². The third kappa shape index (κ3) is 5.20. The van der Waals surface area contributed by atoms with Crippen LogP contribution in [-0.2, 0) is 14.3 Å². The molecule has 2 aliphatic heterocycles. The zero-order valence-electron chi connectivity index (χ0n) is 22.0. The number of nitrogens with zero attached hydrogens (tertiary/aromatic N) is 4. The lowest BCUT2D eigenvalue weighted by atomic mass is 9.78. The van der Waals surface area contributed by atoms with E-state index in [9.17, 15) is 9.59 Å². The van der Waals surface area contributed by atoms with Crippen molar-refractivity contribution in [3.8, 4) is 0 Å². The zero-order chi connectivity index (χ0) is 25.1. The van der Waals surface area contributed by atoms with Gasteiger partial charge in [0.15, 0.2) is 0 Å². The van der Waals surface area contributed by atoms with Crippen LogP contribution in [0.5, 0.6) is 0 Å². The summed E-state index contributed by atoms with van der Waals surface area (Å²) >= 11 is 0. The molecule has 1 spiro atoms. The van der Waals surface area contributed by atoms with Gasteiger partial charge in [-0.15, -0.1) is 0 Å². The Balaban J connectivity index is 1.13. The van der Waals surface area contributed by atoms with Gasteiger partial charge in [0, 0.05) is 56.9 Å². The fourth-order valence-corrected chi connectivity index (χ4v) is 7.07. The largest absolute Gasteiger partial charge is 0.466 e. The highest BCUT2D eigenvalue weighted by Gasteiger charge is 2.51. The normalized spacial score (nSPS) is 28.1. The number of piperazine rings is 1. The highest BCUT2D eigenvalue weighted by atomic mass is 16.6. The van der Waals surface area contributed by atoms with Gasteiger partial charge in [0.25, 0.3) is 0 Å². The van der Waals surface area contributed by atoms with Crippen LogP contribution in [-0.4, -0.2) is 85.4 Å². The van der Waals surface area contributed by atoms with Crippen molar-refractivity contribution in [3.63, 3.8) is 0 Å². The van der Waals surface area contributed by atoms with Crippen molar-refractivity contribution in [2.75, 3.05) is 57.4 Å². The molecule has 4 aliphatic rings.